The van der Waals surface area contributed by atoms with E-state index >= 15 is 0 Å². The molecule has 0 aliphatic heterocycles. The summed E-state index contributed by atoms with van der Waals surface area (Å²) < 4.78 is 0. The van der Waals surface area contributed by atoms with Gasteiger partial charge in [-0.05, 0) is 32.9 Å². The van der Waals surface area contributed by atoms with Crippen molar-refractivity contribution in [2.75, 3.05) is 13.6 Å². The number of hydrogen-bond acceptors (Lipinski definition) is 1. The first-order valence-corrected chi connectivity index (χ1v) is 9.46. The number of unbranched alkanes of at least 4 members (excludes halogenated alkanes) is 8. The van der Waals surface area contributed by atoms with Crippen molar-refractivity contribution in [2.24, 2.45) is 0 Å². The maximum atomic E-state index is 2.66. The average molecular weight is 284 g/mol. The quantitative estimate of drug-likeness (QED) is 0.313. The third-order valence-corrected chi connectivity index (χ3v) is 4.52. The molecule has 0 atom stereocenters. The zero-order valence-electron chi connectivity index (χ0n) is 14.9. The Morgan fingerprint density at radius 1 is 0.600 bits per heavy atom. The molecule has 0 aromatic heterocycles. The van der Waals surface area contributed by atoms with Crippen LogP contribution in [0.4, 0.5) is 0 Å². The highest BCUT2D eigenvalue weighted by atomic mass is 15.1. The highest BCUT2D eigenvalue weighted by Gasteiger charge is 2.13. The maximum Gasteiger partial charge on any atom is 0.00922 e. The molecule has 1 nitrogen and oxygen atoms in total. The van der Waals surface area contributed by atoms with Gasteiger partial charge in [-0.25, -0.2) is 0 Å². The molecule has 0 radical (unpaired) electrons. The lowest BCUT2D eigenvalue weighted by Crippen LogP contribution is -2.32. The summed E-state index contributed by atoms with van der Waals surface area (Å²) >= 11 is 0. The molecule has 0 aromatic rings. The minimum Gasteiger partial charge on any atom is -0.303 e. The molecule has 0 saturated heterocycles. The Bertz CT molecular complexity index is 167. The molecule has 0 N–H and O–H groups in total. The zero-order chi connectivity index (χ0) is 15.1. The average Bonchev–Trinajstić information content (AvgIpc) is 2.45. The molecule has 122 valence electrons. The van der Waals surface area contributed by atoms with Crippen molar-refractivity contribution in [3.8, 4) is 0 Å². The monoisotopic (exact) mass is 283 g/mol. The third-order valence-electron chi connectivity index (χ3n) is 4.52. The predicted molar refractivity (Wildman–Crippen MR) is 93.5 cm³/mol. The summed E-state index contributed by atoms with van der Waals surface area (Å²) in [7, 11) is 2.36. The van der Waals surface area contributed by atoms with Crippen LogP contribution in [-0.2, 0) is 0 Å². The van der Waals surface area contributed by atoms with Gasteiger partial charge in [-0.3, -0.25) is 0 Å². The van der Waals surface area contributed by atoms with Crippen LogP contribution < -0.4 is 0 Å². The molecule has 0 fully saturated rings. The fourth-order valence-corrected chi connectivity index (χ4v) is 2.99. The van der Waals surface area contributed by atoms with Crippen molar-refractivity contribution in [3.63, 3.8) is 0 Å². The Hall–Kier alpha value is -0.0400. The van der Waals surface area contributed by atoms with Gasteiger partial charge in [-0.2, -0.15) is 0 Å². The van der Waals surface area contributed by atoms with Crippen LogP contribution in [0, 0.1) is 0 Å². The molecular formula is C19H41N. The summed E-state index contributed by atoms with van der Waals surface area (Å²) in [5, 5.41) is 0. The highest BCUT2D eigenvalue weighted by molar-refractivity contribution is 4.69. The van der Waals surface area contributed by atoms with Crippen molar-refractivity contribution in [1.82, 2.24) is 4.90 Å². The summed E-state index contributed by atoms with van der Waals surface area (Å²) in [4.78, 5) is 2.66. The van der Waals surface area contributed by atoms with Gasteiger partial charge < -0.3 is 4.90 Å². The van der Waals surface area contributed by atoms with E-state index in [1.165, 1.54) is 90.0 Å². The second-order valence-corrected chi connectivity index (χ2v) is 6.54. The molecule has 0 unspecified atom stereocenters. The molecule has 0 spiro atoms. The molecule has 0 bridgehead atoms. The lowest BCUT2D eigenvalue weighted by Gasteiger charge is -2.28. The largest absolute Gasteiger partial charge is 0.303 e. The van der Waals surface area contributed by atoms with Gasteiger partial charge in [-0.15, -0.1) is 0 Å². The van der Waals surface area contributed by atoms with E-state index in [1.807, 2.05) is 0 Å². The van der Waals surface area contributed by atoms with Crippen LogP contribution in [-0.4, -0.2) is 24.5 Å². The van der Waals surface area contributed by atoms with Crippen LogP contribution in [0.5, 0.6) is 0 Å². The lowest BCUT2D eigenvalue weighted by molar-refractivity contribution is 0.206. The first kappa shape index (κ1) is 20.0. The Labute approximate surface area is 129 Å². The summed E-state index contributed by atoms with van der Waals surface area (Å²) in [6.45, 7) is 8.21. The molecule has 0 aliphatic rings. The lowest BCUT2D eigenvalue weighted by atomic mass is 9.99. The number of nitrogens with zero attached hydrogens (tertiary/aromatic N) is 1. The number of hydrogen-bond donors (Lipinski definition) is 0. The molecule has 0 aliphatic carbocycles. The van der Waals surface area contributed by atoms with E-state index in [-0.39, 0.29) is 0 Å². The molecular weight excluding hydrogens is 242 g/mol. The first-order chi connectivity index (χ1) is 9.76. The van der Waals surface area contributed by atoms with E-state index in [0.29, 0.717) is 0 Å². The van der Waals surface area contributed by atoms with Gasteiger partial charge in [0.1, 0.15) is 0 Å². The van der Waals surface area contributed by atoms with Crippen molar-refractivity contribution < 1.29 is 0 Å². The van der Waals surface area contributed by atoms with Crippen molar-refractivity contribution in [1.29, 1.82) is 0 Å². The van der Waals surface area contributed by atoms with E-state index in [1.54, 1.807) is 0 Å². The van der Waals surface area contributed by atoms with Gasteiger partial charge >= 0.3 is 0 Å². The number of rotatable bonds is 15. The molecule has 0 amide bonds. The molecule has 0 heterocycles. The Balaban J connectivity index is 3.94. The SMILES string of the molecule is CCCCCCC(CCCCCC)N(C)CCCCC. The predicted octanol–water partition coefficient (Wildman–Crippen LogP) is 6.42. The van der Waals surface area contributed by atoms with Gasteiger partial charge in [0.15, 0.2) is 0 Å². The van der Waals surface area contributed by atoms with Gasteiger partial charge in [-0.1, -0.05) is 85.0 Å². The second-order valence-electron chi connectivity index (χ2n) is 6.54. The zero-order valence-corrected chi connectivity index (χ0v) is 14.9. The highest BCUT2D eigenvalue weighted by Crippen LogP contribution is 2.17. The smallest absolute Gasteiger partial charge is 0.00922 e. The summed E-state index contributed by atoms with van der Waals surface area (Å²) in [6, 6.07) is 0.848. The van der Waals surface area contributed by atoms with E-state index in [2.05, 4.69) is 32.7 Å². The summed E-state index contributed by atoms with van der Waals surface area (Å²) in [6.07, 6.45) is 18.3. The minimum atomic E-state index is 0.848. The van der Waals surface area contributed by atoms with Crippen LogP contribution in [0.2, 0.25) is 0 Å². The van der Waals surface area contributed by atoms with Gasteiger partial charge in [0, 0.05) is 6.04 Å². The Morgan fingerprint density at radius 2 is 1.05 bits per heavy atom. The van der Waals surface area contributed by atoms with E-state index in [9.17, 15) is 0 Å². The van der Waals surface area contributed by atoms with Crippen LogP contribution in [0.3, 0.4) is 0 Å². The maximum absolute atomic E-state index is 2.66. The fourth-order valence-electron chi connectivity index (χ4n) is 2.99. The topological polar surface area (TPSA) is 3.24 Å². The second kappa shape index (κ2) is 15.4. The van der Waals surface area contributed by atoms with Crippen LogP contribution in [0.15, 0.2) is 0 Å². The normalized spacial score (nSPS) is 11.7. The molecule has 20 heavy (non-hydrogen) atoms. The molecule has 0 saturated carbocycles. The van der Waals surface area contributed by atoms with Crippen LogP contribution >= 0.6 is 0 Å². The Kier molecular flexibility index (Phi) is 15.3. The molecule has 0 aromatic carbocycles. The Morgan fingerprint density at radius 3 is 1.50 bits per heavy atom. The standard InChI is InChI=1S/C19H41N/c1-5-8-11-13-16-19(17-14-12-9-6-2)20(4)18-15-10-7-3/h19H,5-18H2,1-4H3. The van der Waals surface area contributed by atoms with Crippen molar-refractivity contribution in [3.05, 3.63) is 0 Å². The third kappa shape index (κ3) is 11.8. The summed E-state index contributed by atoms with van der Waals surface area (Å²) in [5.41, 5.74) is 0. The van der Waals surface area contributed by atoms with E-state index in [4.69, 9.17) is 0 Å². The molecule has 1 heteroatoms. The van der Waals surface area contributed by atoms with Crippen LogP contribution in [0.1, 0.15) is 104 Å². The van der Waals surface area contributed by atoms with Gasteiger partial charge in [0.25, 0.3) is 0 Å². The molecule has 0 rings (SSSR count). The van der Waals surface area contributed by atoms with E-state index < -0.39 is 0 Å². The van der Waals surface area contributed by atoms with Crippen LogP contribution in [0.25, 0.3) is 0 Å². The van der Waals surface area contributed by atoms with E-state index in [0.717, 1.165) is 6.04 Å². The minimum absolute atomic E-state index is 0.848. The van der Waals surface area contributed by atoms with Gasteiger partial charge in [0.05, 0.1) is 0 Å². The fraction of sp³-hybridized carbons (Fsp3) is 1.00. The summed E-state index contributed by atoms with van der Waals surface area (Å²) in [5.74, 6) is 0. The first-order valence-electron chi connectivity index (χ1n) is 9.46. The van der Waals surface area contributed by atoms with Crippen molar-refractivity contribution >= 4 is 0 Å². The van der Waals surface area contributed by atoms with Gasteiger partial charge in [0.2, 0.25) is 0 Å². The van der Waals surface area contributed by atoms with Crippen molar-refractivity contribution in [2.45, 2.75) is 110 Å².